The molecule has 0 atom stereocenters. The summed E-state index contributed by atoms with van der Waals surface area (Å²) in [6.07, 6.45) is 3.20. The summed E-state index contributed by atoms with van der Waals surface area (Å²) >= 11 is 0. The topological polar surface area (TPSA) is 3.24 Å². The van der Waals surface area contributed by atoms with Crippen LogP contribution in [0.4, 0.5) is 11.4 Å². The van der Waals surface area contributed by atoms with Crippen molar-refractivity contribution in [3.05, 3.63) is 94.0 Å². The quantitative estimate of drug-likeness (QED) is 0.464. The standard InChI is InChI=1S/C23H21N/c1-2-24-22-10-6-5-9-18(22)13-21-14-19-11-16-7-3-4-8-17(16)12-20(19)15-23(21)24/h3-10,14-15H,2,11-13H2,1H3. The first-order valence-electron chi connectivity index (χ1n) is 8.90. The van der Waals surface area contributed by atoms with Crippen LogP contribution in [0.25, 0.3) is 0 Å². The molecule has 1 heterocycles. The lowest BCUT2D eigenvalue weighted by Crippen LogP contribution is -2.24. The van der Waals surface area contributed by atoms with Gasteiger partial charge in [0.2, 0.25) is 0 Å². The molecule has 0 fully saturated rings. The summed E-state index contributed by atoms with van der Waals surface area (Å²) in [5.74, 6) is 0. The number of benzene rings is 3. The normalized spacial score (nSPS) is 14.5. The molecule has 1 aliphatic carbocycles. The van der Waals surface area contributed by atoms with Crippen LogP contribution in [0.1, 0.15) is 40.3 Å². The van der Waals surface area contributed by atoms with Gasteiger partial charge in [0, 0.05) is 24.3 Å². The summed E-state index contributed by atoms with van der Waals surface area (Å²) in [5.41, 5.74) is 11.7. The number of hydrogen-bond donors (Lipinski definition) is 0. The van der Waals surface area contributed by atoms with E-state index in [9.17, 15) is 0 Å². The van der Waals surface area contributed by atoms with Gasteiger partial charge in [0.1, 0.15) is 0 Å². The predicted octanol–water partition coefficient (Wildman–Crippen LogP) is 5.24. The van der Waals surface area contributed by atoms with Gasteiger partial charge >= 0.3 is 0 Å². The summed E-state index contributed by atoms with van der Waals surface area (Å²) < 4.78 is 0. The van der Waals surface area contributed by atoms with E-state index in [1.54, 1.807) is 0 Å². The fourth-order valence-electron chi connectivity index (χ4n) is 4.36. The van der Waals surface area contributed by atoms with E-state index in [4.69, 9.17) is 0 Å². The predicted molar refractivity (Wildman–Crippen MR) is 100 cm³/mol. The van der Waals surface area contributed by atoms with E-state index in [1.807, 2.05) is 0 Å². The maximum atomic E-state index is 2.48. The van der Waals surface area contributed by atoms with Crippen molar-refractivity contribution in [1.29, 1.82) is 0 Å². The molecule has 3 aromatic carbocycles. The Morgan fingerprint density at radius 3 is 1.92 bits per heavy atom. The minimum absolute atomic E-state index is 1.01. The van der Waals surface area contributed by atoms with E-state index >= 15 is 0 Å². The van der Waals surface area contributed by atoms with E-state index in [2.05, 4.69) is 72.5 Å². The number of rotatable bonds is 1. The lowest BCUT2D eigenvalue weighted by atomic mass is 9.83. The molecule has 0 radical (unpaired) electrons. The monoisotopic (exact) mass is 311 g/mol. The number of fused-ring (bicyclic) bond motifs is 4. The van der Waals surface area contributed by atoms with Gasteiger partial charge in [0.05, 0.1) is 0 Å². The molecular weight excluding hydrogens is 290 g/mol. The lowest BCUT2D eigenvalue weighted by molar-refractivity contribution is 0.935. The van der Waals surface area contributed by atoms with Gasteiger partial charge in [-0.15, -0.1) is 0 Å². The molecule has 0 amide bonds. The second kappa shape index (κ2) is 5.24. The number of anilines is 2. The zero-order valence-corrected chi connectivity index (χ0v) is 14.0. The van der Waals surface area contributed by atoms with Crippen molar-refractivity contribution in [2.24, 2.45) is 0 Å². The Labute approximate surface area is 143 Å². The average Bonchev–Trinajstić information content (AvgIpc) is 2.62. The molecular formula is C23H21N. The fraction of sp³-hybridized carbons (Fsp3) is 0.217. The Kier molecular flexibility index (Phi) is 3.02. The third-order valence-electron chi connectivity index (χ3n) is 5.55. The highest BCUT2D eigenvalue weighted by Crippen LogP contribution is 2.41. The molecule has 0 bridgehead atoms. The highest BCUT2D eigenvalue weighted by Gasteiger charge is 2.24. The van der Waals surface area contributed by atoms with Crippen LogP contribution < -0.4 is 4.90 Å². The van der Waals surface area contributed by atoms with Gasteiger partial charge < -0.3 is 4.90 Å². The van der Waals surface area contributed by atoms with Crippen LogP contribution in [-0.2, 0) is 19.3 Å². The molecule has 0 unspecified atom stereocenters. The van der Waals surface area contributed by atoms with Gasteiger partial charge in [0.15, 0.2) is 0 Å². The molecule has 0 N–H and O–H groups in total. The summed E-state index contributed by atoms with van der Waals surface area (Å²) in [6, 6.07) is 22.7. The van der Waals surface area contributed by atoms with Gasteiger partial charge in [-0.25, -0.2) is 0 Å². The fourth-order valence-corrected chi connectivity index (χ4v) is 4.36. The Morgan fingerprint density at radius 1 is 0.625 bits per heavy atom. The first kappa shape index (κ1) is 13.9. The molecule has 3 aromatic rings. The van der Waals surface area contributed by atoms with Crippen molar-refractivity contribution in [3.63, 3.8) is 0 Å². The Bertz CT molecular complexity index is 939. The van der Waals surface area contributed by atoms with E-state index in [-0.39, 0.29) is 0 Å². The molecule has 1 aliphatic heterocycles. The highest BCUT2D eigenvalue weighted by atomic mass is 15.1. The van der Waals surface area contributed by atoms with E-state index < -0.39 is 0 Å². The highest BCUT2D eigenvalue weighted by molar-refractivity contribution is 5.75. The lowest BCUT2D eigenvalue weighted by Gasteiger charge is -2.34. The summed E-state index contributed by atoms with van der Waals surface area (Å²) in [7, 11) is 0. The van der Waals surface area contributed by atoms with Crippen LogP contribution in [0.2, 0.25) is 0 Å². The molecule has 24 heavy (non-hydrogen) atoms. The van der Waals surface area contributed by atoms with Crippen molar-refractivity contribution in [2.45, 2.75) is 26.2 Å². The second-order valence-corrected chi connectivity index (χ2v) is 6.92. The molecule has 1 nitrogen and oxygen atoms in total. The van der Waals surface area contributed by atoms with E-state index in [0.29, 0.717) is 0 Å². The van der Waals surface area contributed by atoms with Gasteiger partial charge in [-0.05, 0) is 65.3 Å². The zero-order chi connectivity index (χ0) is 16.1. The van der Waals surface area contributed by atoms with E-state index in [0.717, 1.165) is 25.8 Å². The van der Waals surface area contributed by atoms with Gasteiger partial charge in [-0.1, -0.05) is 48.5 Å². The van der Waals surface area contributed by atoms with Crippen LogP contribution in [0, 0.1) is 0 Å². The van der Waals surface area contributed by atoms with Gasteiger partial charge in [-0.3, -0.25) is 0 Å². The molecule has 0 aromatic heterocycles. The van der Waals surface area contributed by atoms with Crippen molar-refractivity contribution in [1.82, 2.24) is 0 Å². The third kappa shape index (κ3) is 2.01. The number of nitrogens with zero attached hydrogens (tertiary/aromatic N) is 1. The molecule has 0 saturated carbocycles. The SMILES string of the molecule is CCN1c2ccccc2Cc2cc3c(cc21)Cc1ccccc1C3. The Balaban J connectivity index is 1.64. The van der Waals surface area contributed by atoms with Crippen molar-refractivity contribution in [3.8, 4) is 0 Å². The summed E-state index contributed by atoms with van der Waals surface area (Å²) in [4.78, 5) is 2.48. The zero-order valence-electron chi connectivity index (χ0n) is 14.0. The van der Waals surface area contributed by atoms with Gasteiger partial charge in [0.25, 0.3) is 0 Å². The summed E-state index contributed by atoms with van der Waals surface area (Å²) in [6.45, 7) is 3.26. The molecule has 5 rings (SSSR count). The first-order valence-corrected chi connectivity index (χ1v) is 8.90. The molecule has 0 spiro atoms. The number of hydrogen-bond acceptors (Lipinski definition) is 1. The molecule has 118 valence electrons. The molecule has 2 aliphatic rings. The first-order chi connectivity index (χ1) is 11.8. The maximum absolute atomic E-state index is 2.48. The van der Waals surface area contributed by atoms with Crippen molar-refractivity contribution < 1.29 is 0 Å². The van der Waals surface area contributed by atoms with Crippen LogP contribution in [0.3, 0.4) is 0 Å². The minimum atomic E-state index is 1.01. The third-order valence-corrected chi connectivity index (χ3v) is 5.55. The average molecular weight is 311 g/mol. The van der Waals surface area contributed by atoms with Crippen molar-refractivity contribution >= 4 is 11.4 Å². The minimum Gasteiger partial charge on any atom is -0.341 e. The van der Waals surface area contributed by atoms with Crippen LogP contribution in [-0.4, -0.2) is 6.54 Å². The van der Waals surface area contributed by atoms with Crippen molar-refractivity contribution in [2.75, 3.05) is 11.4 Å². The smallest absolute Gasteiger partial charge is 0.0449 e. The Morgan fingerprint density at radius 2 is 1.21 bits per heavy atom. The second-order valence-electron chi connectivity index (χ2n) is 6.92. The van der Waals surface area contributed by atoms with Crippen LogP contribution in [0.5, 0.6) is 0 Å². The molecule has 0 saturated heterocycles. The molecule has 1 heteroatoms. The maximum Gasteiger partial charge on any atom is 0.0449 e. The van der Waals surface area contributed by atoms with E-state index in [1.165, 1.54) is 44.8 Å². The van der Waals surface area contributed by atoms with Gasteiger partial charge in [-0.2, -0.15) is 0 Å². The largest absolute Gasteiger partial charge is 0.341 e. The Hall–Kier alpha value is -2.54. The van der Waals surface area contributed by atoms with Crippen LogP contribution >= 0.6 is 0 Å². The number of para-hydroxylation sites is 1. The van der Waals surface area contributed by atoms with Crippen LogP contribution in [0.15, 0.2) is 60.7 Å². The summed E-state index contributed by atoms with van der Waals surface area (Å²) in [5, 5.41) is 0.